The average molecular weight is 303 g/mol. The number of nitrogens with zero attached hydrogens (tertiary/aromatic N) is 1. The first-order chi connectivity index (χ1) is 10.5. The van der Waals surface area contributed by atoms with E-state index in [1.165, 1.54) is 6.08 Å². The van der Waals surface area contributed by atoms with Crippen LogP contribution in [0.25, 0.3) is 0 Å². The minimum absolute atomic E-state index is 0.0317. The second-order valence-electron chi connectivity index (χ2n) is 4.75. The van der Waals surface area contributed by atoms with Crippen molar-refractivity contribution in [2.24, 2.45) is 0 Å². The van der Waals surface area contributed by atoms with Crippen LogP contribution in [0, 0.1) is 0 Å². The van der Waals surface area contributed by atoms with Crippen molar-refractivity contribution in [3.63, 3.8) is 0 Å². The maximum Gasteiger partial charge on any atom is 0.277 e. The Bertz CT molecular complexity index is 639. The molecule has 1 aliphatic heterocycles. The van der Waals surface area contributed by atoms with E-state index in [1.54, 1.807) is 31.3 Å². The van der Waals surface area contributed by atoms with E-state index < -0.39 is 11.8 Å². The fourth-order valence-electron chi connectivity index (χ4n) is 2.10. The molecule has 2 rings (SSSR count). The normalized spacial score (nSPS) is 14.1. The van der Waals surface area contributed by atoms with Crippen LogP contribution in [0.3, 0.4) is 0 Å². The predicted molar refractivity (Wildman–Crippen MR) is 79.7 cm³/mol. The monoisotopic (exact) mass is 303 g/mol. The van der Waals surface area contributed by atoms with Crippen molar-refractivity contribution >= 4 is 23.4 Å². The van der Waals surface area contributed by atoms with Gasteiger partial charge in [-0.2, -0.15) is 0 Å². The molecule has 7 heteroatoms. The van der Waals surface area contributed by atoms with E-state index >= 15 is 0 Å². The summed E-state index contributed by atoms with van der Waals surface area (Å²) in [5, 5.41) is 14.3. The van der Waals surface area contributed by atoms with Crippen molar-refractivity contribution in [2.45, 2.75) is 6.42 Å². The molecule has 22 heavy (non-hydrogen) atoms. The molecular formula is C15H17N3O4. The third kappa shape index (κ3) is 3.50. The van der Waals surface area contributed by atoms with Crippen molar-refractivity contribution < 1.29 is 19.5 Å². The van der Waals surface area contributed by atoms with Gasteiger partial charge in [-0.05, 0) is 17.7 Å². The quantitative estimate of drug-likeness (QED) is 0.623. The van der Waals surface area contributed by atoms with Gasteiger partial charge in [0.2, 0.25) is 5.91 Å². The molecule has 3 N–H and O–H groups in total. The van der Waals surface area contributed by atoms with Crippen LogP contribution in [0.1, 0.15) is 5.56 Å². The standard InChI is InChI=1S/C15H17N3O4/c1-16-13(20)8-10-3-2-4-11(7-10)17-12-9-14(21)18(5-6-19)15(12)22/h2-4,7,9,17,19H,5-6,8H2,1H3,(H,16,20). The van der Waals surface area contributed by atoms with Crippen LogP contribution in [-0.4, -0.2) is 47.9 Å². The topological polar surface area (TPSA) is 98.7 Å². The van der Waals surface area contributed by atoms with Crippen molar-refractivity contribution in [1.82, 2.24) is 10.2 Å². The van der Waals surface area contributed by atoms with Gasteiger partial charge in [-0.15, -0.1) is 0 Å². The molecule has 0 fully saturated rings. The van der Waals surface area contributed by atoms with Crippen LogP contribution in [-0.2, 0) is 20.8 Å². The number of likely N-dealkylation sites (N-methyl/N-ethyl adjacent to an activating group) is 1. The van der Waals surface area contributed by atoms with Gasteiger partial charge in [-0.3, -0.25) is 19.3 Å². The van der Waals surface area contributed by atoms with E-state index in [0.29, 0.717) is 5.69 Å². The SMILES string of the molecule is CNC(=O)Cc1cccc(NC2=CC(=O)N(CCO)C2=O)c1. The number of aliphatic hydroxyl groups excluding tert-OH is 1. The van der Waals surface area contributed by atoms with Crippen LogP contribution in [0.2, 0.25) is 0 Å². The summed E-state index contributed by atoms with van der Waals surface area (Å²) in [6.45, 7) is -0.309. The number of benzene rings is 1. The van der Waals surface area contributed by atoms with E-state index in [4.69, 9.17) is 5.11 Å². The molecule has 0 spiro atoms. The maximum absolute atomic E-state index is 12.0. The van der Waals surface area contributed by atoms with Gasteiger partial charge in [0, 0.05) is 18.8 Å². The van der Waals surface area contributed by atoms with Crippen LogP contribution in [0.5, 0.6) is 0 Å². The van der Waals surface area contributed by atoms with E-state index in [2.05, 4.69) is 10.6 Å². The number of anilines is 1. The van der Waals surface area contributed by atoms with Gasteiger partial charge in [0.15, 0.2) is 0 Å². The van der Waals surface area contributed by atoms with E-state index in [1.807, 2.05) is 0 Å². The smallest absolute Gasteiger partial charge is 0.277 e. The first-order valence-electron chi connectivity index (χ1n) is 6.80. The summed E-state index contributed by atoms with van der Waals surface area (Å²) in [4.78, 5) is 36.0. The number of hydrogen-bond donors (Lipinski definition) is 3. The number of carbonyl (C=O) groups is 3. The lowest BCUT2D eigenvalue weighted by atomic mass is 10.1. The third-order valence-electron chi connectivity index (χ3n) is 3.18. The lowest BCUT2D eigenvalue weighted by Crippen LogP contribution is -2.34. The molecule has 1 heterocycles. The molecule has 0 saturated carbocycles. The van der Waals surface area contributed by atoms with Crippen LogP contribution in [0.15, 0.2) is 36.0 Å². The molecule has 7 nitrogen and oxygen atoms in total. The highest BCUT2D eigenvalue weighted by Gasteiger charge is 2.30. The molecule has 3 amide bonds. The number of nitrogens with one attached hydrogen (secondary N) is 2. The van der Waals surface area contributed by atoms with Gasteiger partial charge in [-0.25, -0.2) is 0 Å². The third-order valence-corrected chi connectivity index (χ3v) is 3.18. The Morgan fingerprint density at radius 2 is 2.09 bits per heavy atom. The Morgan fingerprint density at radius 1 is 1.32 bits per heavy atom. The number of β-amino-alcohol motifs (C(OH)–C–C–N with tert-alkyl or cyclic N) is 1. The van der Waals surface area contributed by atoms with E-state index in [-0.39, 0.29) is 31.2 Å². The number of rotatable bonds is 6. The highest BCUT2D eigenvalue weighted by molar-refractivity contribution is 6.17. The molecule has 1 aliphatic rings. The number of hydrogen-bond acceptors (Lipinski definition) is 5. The minimum Gasteiger partial charge on any atom is -0.395 e. The molecular weight excluding hydrogens is 286 g/mol. The fourth-order valence-corrected chi connectivity index (χ4v) is 2.10. The second kappa shape index (κ2) is 6.86. The second-order valence-corrected chi connectivity index (χ2v) is 4.75. The van der Waals surface area contributed by atoms with E-state index in [9.17, 15) is 14.4 Å². The fraction of sp³-hybridized carbons (Fsp3) is 0.267. The Balaban J connectivity index is 2.10. The van der Waals surface area contributed by atoms with Gasteiger partial charge in [0.25, 0.3) is 11.8 Å². The van der Waals surface area contributed by atoms with Crippen molar-refractivity contribution in [1.29, 1.82) is 0 Å². The van der Waals surface area contributed by atoms with Gasteiger partial charge < -0.3 is 15.7 Å². The molecule has 116 valence electrons. The molecule has 0 aliphatic carbocycles. The highest BCUT2D eigenvalue weighted by atomic mass is 16.3. The van der Waals surface area contributed by atoms with Crippen LogP contribution in [0.4, 0.5) is 5.69 Å². The summed E-state index contributed by atoms with van der Waals surface area (Å²) in [5.74, 6) is -1.04. The molecule has 0 radical (unpaired) electrons. The minimum atomic E-state index is -0.476. The molecule has 0 saturated heterocycles. The molecule has 0 atom stereocenters. The van der Waals surface area contributed by atoms with Gasteiger partial charge in [0.1, 0.15) is 5.70 Å². The molecule has 0 unspecified atom stereocenters. The van der Waals surface area contributed by atoms with Gasteiger partial charge >= 0.3 is 0 Å². The zero-order valence-corrected chi connectivity index (χ0v) is 12.1. The zero-order valence-electron chi connectivity index (χ0n) is 12.1. The molecule has 0 bridgehead atoms. The van der Waals surface area contributed by atoms with Crippen molar-refractivity contribution in [3.05, 3.63) is 41.6 Å². The summed E-state index contributed by atoms with van der Waals surface area (Å²) in [6.07, 6.45) is 1.43. The van der Waals surface area contributed by atoms with Crippen LogP contribution < -0.4 is 10.6 Å². The first-order valence-corrected chi connectivity index (χ1v) is 6.80. The Morgan fingerprint density at radius 3 is 2.77 bits per heavy atom. The zero-order chi connectivity index (χ0) is 16.1. The molecule has 0 aromatic heterocycles. The lowest BCUT2D eigenvalue weighted by molar-refractivity contribution is -0.137. The maximum atomic E-state index is 12.0. The lowest BCUT2D eigenvalue weighted by Gasteiger charge is -2.13. The van der Waals surface area contributed by atoms with Gasteiger partial charge in [0.05, 0.1) is 19.6 Å². The largest absolute Gasteiger partial charge is 0.395 e. The summed E-state index contributed by atoms with van der Waals surface area (Å²) in [6, 6.07) is 7.03. The van der Waals surface area contributed by atoms with E-state index in [0.717, 1.165) is 10.5 Å². The number of imide groups is 1. The Hall–Kier alpha value is -2.67. The summed E-state index contributed by atoms with van der Waals surface area (Å²) >= 11 is 0. The Labute approximate surface area is 127 Å². The summed E-state index contributed by atoms with van der Waals surface area (Å²) in [7, 11) is 1.56. The van der Waals surface area contributed by atoms with Crippen LogP contribution >= 0.6 is 0 Å². The average Bonchev–Trinajstić information content (AvgIpc) is 2.75. The predicted octanol–water partition coefficient (Wildman–Crippen LogP) is -0.368. The first kappa shape index (κ1) is 15.7. The number of carbonyl (C=O) groups excluding carboxylic acids is 3. The van der Waals surface area contributed by atoms with Crippen molar-refractivity contribution in [2.75, 3.05) is 25.5 Å². The summed E-state index contributed by atoms with van der Waals surface area (Å²) < 4.78 is 0. The van der Waals surface area contributed by atoms with Gasteiger partial charge in [-0.1, -0.05) is 12.1 Å². The number of amides is 3. The molecule has 1 aromatic carbocycles. The molecule has 1 aromatic rings. The highest BCUT2D eigenvalue weighted by Crippen LogP contribution is 2.18. The Kier molecular flexibility index (Phi) is 4.90. The summed E-state index contributed by atoms with van der Waals surface area (Å²) in [5.41, 5.74) is 1.55. The number of aliphatic hydroxyl groups is 1. The van der Waals surface area contributed by atoms with Crippen molar-refractivity contribution in [3.8, 4) is 0 Å².